The minimum absolute atomic E-state index is 0.136. The maximum atomic E-state index is 12.7. The molecular weight excluding hydrogens is 318 g/mol. The Morgan fingerprint density at radius 1 is 1.30 bits per heavy atom. The van der Waals surface area contributed by atoms with Crippen molar-refractivity contribution in [2.75, 3.05) is 13.1 Å². The Hall–Kier alpha value is -1.86. The average Bonchev–Trinajstić information content (AvgIpc) is 2.85. The SMILES string of the molecule is CCCCN(CC)S(=O)(=O)c1ccc2oc(C(=O)[O-])c(C)c2c1. The number of sulfonamides is 1. The van der Waals surface area contributed by atoms with Gasteiger partial charge < -0.3 is 14.3 Å². The van der Waals surface area contributed by atoms with Gasteiger partial charge in [0.25, 0.3) is 0 Å². The van der Waals surface area contributed by atoms with E-state index in [0.29, 0.717) is 29.6 Å². The molecule has 0 fully saturated rings. The van der Waals surface area contributed by atoms with E-state index < -0.39 is 16.0 Å². The number of unbranched alkanes of at least 4 members (excludes halogenated alkanes) is 1. The molecule has 126 valence electrons. The molecule has 0 aliphatic carbocycles. The van der Waals surface area contributed by atoms with Crippen LogP contribution in [0.25, 0.3) is 11.0 Å². The van der Waals surface area contributed by atoms with E-state index in [2.05, 4.69) is 0 Å². The second kappa shape index (κ2) is 6.72. The number of aromatic carboxylic acids is 1. The minimum atomic E-state index is -3.61. The van der Waals surface area contributed by atoms with E-state index >= 15 is 0 Å². The van der Waals surface area contributed by atoms with Gasteiger partial charge in [-0.05, 0) is 31.5 Å². The summed E-state index contributed by atoms with van der Waals surface area (Å²) in [5.74, 6) is -1.69. The third kappa shape index (κ3) is 3.25. The molecule has 0 amide bonds. The predicted molar refractivity (Wildman–Crippen MR) is 84.6 cm³/mol. The number of benzene rings is 1. The summed E-state index contributed by atoms with van der Waals surface area (Å²) in [6, 6.07) is 4.38. The normalized spacial score (nSPS) is 12.2. The van der Waals surface area contributed by atoms with E-state index in [4.69, 9.17) is 4.42 Å². The molecule has 1 aromatic heterocycles. The fraction of sp³-hybridized carbons (Fsp3) is 0.438. The predicted octanol–water partition coefficient (Wildman–Crippen LogP) is 1.92. The first-order chi connectivity index (χ1) is 10.8. The van der Waals surface area contributed by atoms with Crippen LogP contribution in [0.1, 0.15) is 42.8 Å². The highest BCUT2D eigenvalue weighted by molar-refractivity contribution is 7.89. The number of rotatable bonds is 7. The van der Waals surface area contributed by atoms with Crippen molar-refractivity contribution in [3.05, 3.63) is 29.5 Å². The zero-order chi connectivity index (χ0) is 17.2. The molecule has 2 aromatic rings. The number of furan rings is 1. The van der Waals surface area contributed by atoms with Crippen LogP contribution in [-0.2, 0) is 10.0 Å². The molecule has 0 bridgehead atoms. The minimum Gasteiger partial charge on any atom is -0.542 e. The van der Waals surface area contributed by atoms with Gasteiger partial charge in [-0.2, -0.15) is 4.31 Å². The highest BCUT2D eigenvalue weighted by Gasteiger charge is 2.24. The van der Waals surface area contributed by atoms with E-state index in [1.165, 1.54) is 22.5 Å². The van der Waals surface area contributed by atoms with Crippen molar-refractivity contribution in [1.29, 1.82) is 0 Å². The lowest BCUT2D eigenvalue weighted by Crippen LogP contribution is -2.31. The highest BCUT2D eigenvalue weighted by Crippen LogP contribution is 2.28. The first-order valence-corrected chi connectivity index (χ1v) is 9.01. The Morgan fingerprint density at radius 3 is 2.57 bits per heavy atom. The number of nitrogens with zero attached hydrogens (tertiary/aromatic N) is 1. The first-order valence-electron chi connectivity index (χ1n) is 7.57. The number of carboxylic acid groups (broad SMARTS) is 1. The lowest BCUT2D eigenvalue weighted by molar-refractivity contribution is -0.257. The number of hydrogen-bond donors (Lipinski definition) is 0. The van der Waals surface area contributed by atoms with Crippen LogP contribution in [0.4, 0.5) is 0 Å². The average molecular weight is 338 g/mol. The molecule has 0 saturated heterocycles. The Morgan fingerprint density at radius 2 is 2.00 bits per heavy atom. The molecule has 7 heteroatoms. The Labute approximate surface area is 135 Å². The largest absolute Gasteiger partial charge is 0.542 e. The summed E-state index contributed by atoms with van der Waals surface area (Å²) in [6.07, 6.45) is 1.69. The van der Waals surface area contributed by atoms with Gasteiger partial charge >= 0.3 is 0 Å². The number of aryl methyl sites for hydroxylation is 1. The van der Waals surface area contributed by atoms with Crippen molar-refractivity contribution in [2.45, 2.75) is 38.5 Å². The molecule has 0 aliphatic heterocycles. The summed E-state index contributed by atoms with van der Waals surface area (Å²) < 4.78 is 32.1. The molecule has 0 aliphatic rings. The topological polar surface area (TPSA) is 90.7 Å². The second-order valence-electron chi connectivity index (χ2n) is 5.35. The molecule has 1 heterocycles. The summed E-state index contributed by atoms with van der Waals surface area (Å²) in [5.41, 5.74) is 0.700. The van der Waals surface area contributed by atoms with Gasteiger partial charge in [-0.25, -0.2) is 8.42 Å². The second-order valence-corrected chi connectivity index (χ2v) is 7.29. The third-order valence-corrected chi connectivity index (χ3v) is 5.81. The monoisotopic (exact) mass is 338 g/mol. The van der Waals surface area contributed by atoms with E-state index in [-0.39, 0.29) is 10.7 Å². The fourth-order valence-corrected chi connectivity index (χ4v) is 4.00. The van der Waals surface area contributed by atoms with Crippen molar-refractivity contribution in [3.63, 3.8) is 0 Å². The summed E-state index contributed by atoms with van der Waals surface area (Å²) in [4.78, 5) is 11.2. The summed E-state index contributed by atoms with van der Waals surface area (Å²) in [5, 5.41) is 11.5. The first kappa shape index (κ1) is 17.5. The number of hydrogen-bond acceptors (Lipinski definition) is 5. The lowest BCUT2D eigenvalue weighted by Gasteiger charge is -2.20. The van der Waals surface area contributed by atoms with E-state index in [9.17, 15) is 18.3 Å². The van der Waals surface area contributed by atoms with Crippen LogP contribution in [0.15, 0.2) is 27.5 Å². The number of carboxylic acids is 1. The van der Waals surface area contributed by atoms with Crippen LogP contribution >= 0.6 is 0 Å². The van der Waals surface area contributed by atoms with Gasteiger partial charge in [0.2, 0.25) is 10.0 Å². The Balaban J connectivity index is 2.50. The van der Waals surface area contributed by atoms with Crippen LogP contribution in [-0.4, -0.2) is 31.8 Å². The summed E-state index contributed by atoms with van der Waals surface area (Å²) >= 11 is 0. The van der Waals surface area contributed by atoms with Gasteiger partial charge in [0.05, 0.1) is 4.90 Å². The standard InChI is InChI=1S/C16H21NO5S/c1-4-6-9-17(5-2)23(20,21)12-7-8-14-13(10-12)11(3)15(22-14)16(18)19/h7-8,10H,4-6,9H2,1-3H3,(H,18,19)/p-1. The molecule has 6 nitrogen and oxygen atoms in total. The van der Waals surface area contributed by atoms with Gasteiger partial charge in [-0.15, -0.1) is 0 Å². The third-order valence-electron chi connectivity index (χ3n) is 3.84. The smallest absolute Gasteiger partial charge is 0.243 e. The number of carbonyl (C=O) groups is 1. The van der Waals surface area contributed by atoms with Crippen molar-refractivity contribution in [1.82, 2.24) is 4.31 Å². The quantitative estimate of drug-likeness (QED) is 0.769. The van der Waals surface area contributed by atoms with Crippen molar-refractivity contribution in [2.24, 2.45) is 0 Å². The summed E-state index contributed by atoms with van der Waals surface area (Å²) in [7, 11) is -3.61. The molecule has 23 heavy (non-hydrogen) atoms. The highest BCUT2D eigenvalue weighted by atomic mass is 32.2. The van der Waals surface area contributed by atoms with Crippen LogP contribution in [0, 0.1) is 6.92 Å². The van der Waals surface area contributed by atoms with Crippen molar-refractivity contribution in [3.8, 4) is 0 Å². The molecule has 0 N–H and O–H groups in total. The molecule has 1 aromatic carbocycles. The van der Waals surface area contributed by atoms with E-state index in [0.717, 1.165) is 12.8 Å². The van der Waals surface area contributed by atoms with Crippen LogP contribution in [0.2, 0.25) is 0 Å². The molecular formula is C16H20NO5S-. The van der Waals surface area contributed by atoms with Gasteiger partial charge in [0.1, 0.15) is 11.6 Å². The van der Waals surface area contributed by atoms with Crippen molar-refractivity contribution < 1.29 is 22.7 Å². The Kier molecular flexibility index (Phi) is 5.11. The Bertz CT molecular complexity index is 822. The van der Waals surface area contributed by atoms with Gasteiger partial charge in [-0.3, -0.25) is 0 Å². The fourth-order valence-electron chi connectivity index (χ4n) is 2.49. The molecule has 0 radical (unpaired) electrons. The maximum absolute atomic E-state index is 12.7. The molecule has 0 atom stereocenters. The van der Waals surface area contributed by atoms with Crippen LogP contribution < -0.4 is 5.11 Å². The van der Waals surface area contributed by atoms with Crippen LogP contribution in [0.3, 0.4) is 0 Å². The number of carbonyl (C=O) groups excluding carboxylic acids is 1. The van der Waals surface area contributed by atoms with E-state index in [1.807, 2.05) is 6.92 Å². The molecule has 0 spiro atoms. The molecule has 0 saturated carbocycles. The maximum Gasteiger partial charge on any atom is 0.243 e. The summed E-state index contributed by atoms with van der Waals surface area (Å²) in [6.45, 7) is 6.21. The molecule has 0 unspecified atom stereocenters. The van der Waals surface area contributed by atoms with Gasteiger partial charge in [0, 0.05) is 24.0 Å². The number of fused-ring (bicyclic) bond motifs is 1. The zero-order valence-electron chi connectivity index (χ0n) is 13.5. The van der Waals surface area contributed by atoms with Crippen LogP contribution in [0.5, 0.6) is 0 Å². The van der Waals surface area contributed by atoms with Gasteiger partial charge in [-0.1, -0.05) is 20.3 Å². The van der Waals surface area contributed by atoms with Gasteiger partial charge in [0.15, 0.2) is 5.76 Å². The van der Waals surface area contributed by atoms with E-state index in [1.54, 1.807) is 13.8 Å². The van der Waals surface area contributed by atoms with Crippen molar-refractivity contribution >= 4 is 27.0 Å². The lowest BCUT2D eigenvalue weighted by atomic mass is 10.1. The molecule has 2 rings (SSSR count). The zero-order valence-corrected chi connectivity index (χ0v) is 14.3.